The summed E-state index contributed by atoms with van der Waals surface area (Å²) in [6.07, 6.45) is 3.76. The molecule has 0 spiro atoms. The zero-order valence-corrected chi connectivity index (χ0v) is 17.2. The molecule has 7 heteroatoms. The van der Waals surface area contributed by atoms with Crippen molar-refractivity contribution in [2.75, 3.05) is 12.0 Å². The number of hydrogen-bond acceptors (Lipinski definition) is 5. The van der Waals surface area contributed by atoms with Crippen molar-refractivity contribution in [3.8, 4) is 5.75 Å². The minimum atomic E-state index is -0.764. The number of carbonyl (C=O) groups is 3. The van der Waals surface area contributed by atoms with E-state index in [9.17, 15) is 14.4 Å². The van der Waals surface area contributed by atoms with Crippen LogP contribution in [-0.2, 0) is 14.4 Å². The van der Waals surface area contributed by atoms with Crippen LogP contribution in [0, 0.1) is 11.8 Å². The lowest BCUT2D eigenvalue weighted by Gasteiger charge is -2.35. The third-order valence-electron chi connectivity index (χ3n) is 6.26. The molecule has 4 unspecified atom stereocenters. The van der Waals surface area contributed by atoms with E-state index in [0.717, 1.165) is 16.0 Å². The summed E-state index contributed by atoms with van der Waals surface area (Å²) in [4.78, 5) is 42.9. The van der Waals surface area contributed by atoms with E-state index in [1.165, 1.54) is 14.0 Å². The van der Waals surface area contributed by atoms with Gasteiger partial charge in [0.2, 0.25) is 11.8 Å². The Bertz CT molecular complexity index is 1130. The normalized spacial score (nSPS) is 26.5. The summed E-state index contributed by atoms with van der Waals surface area (Å²) in [6, 6.07) is 11.5. The van der Waals surface area contributed by atoms with Crippen LogP contribution in [-0.4, -0.2) is 35.6 Å². The van der Waals surface area contributed by atoms with Gasteiger partial charge in [0.1, 0.15) is 5.75 Å². The molecule has 6 nitrogen and oxygen atoms in total. The van der Waals surface area contributed by atoms with E-state index in [1.807, 2.05) is 41.4 Å². The van der Waals surface area contributed by atoms with Gasteiger partial charge in [-0.3, -0.25) is 14.4 Å². The van der Waals surface area contributed by atoms with Crippen LogP contribution in [0.15, 0.2) is 48.7 Å². The second-order valence-electron chi connectivity index (χ2n) is 7.77. The predicted molar refractivity (Wildman–Crippen MR) is 112 cm³/mol. The van der Waals surface area contributed by atoms with Crippen LogP contribution in [0.3, 0.4) is 0 Å². The van der Waals surface area contributed by atoms with E-state index in [1.54, 1.807) is 18.2 Å². The van der Waals surface area contributed by atoms with Gasteiger partial charge in [-0.25, -0.2) is 4.90 Å². The molecular formula is C23H19ClN2O4. The topological polar surface area (TPSA) is 66.9 Å². The Labute approximate surface area is 178 Å². The van der Waals surface area contributed by atoms with Crippen LogP contribution in [0.4, 0.5) is 5.69 Å². The molecule has 0 saturated carbocycles. The van der Waals surface area contributed by atoms with E-state index in [-0.39, 0.29) is 17.7 Å². The van der Waals surface area contributed by atoms with Crippen molar-refractivity contribution in [2.45, 2.75) is 19.0 Å². The number of carbonyl (C=O) groups excluding carboxylic acids is 3. The Morgan fingerprint density at radius 1 is 1.07 bits per heavy atom. The average molecular weight is 423 g/mol. The van der Waals surface area contributed by atoms with Crippen molar-refractivity contribution >= 4 is 41.0 Å². The third kappa shape index (κ3) is 2.46. The Balaban J connectivity index is 1.67. The molecule has 3 aliphatic rings. The summed E-state index contributed by atoms with van der Waals surface area (Å²) in [5.41, 5.74) is 2.24. The first-order valence-corrected chi connectivity index (χ1v) is 10.1. The fourth-order valence-electron chi connectivity index (χ4n) is 5.10. The number of fused-ring (bicyclic) bond motifs is 5. The maximum Gasteiger partial charge on any atom is 0.240 e. The summed E-state index contributed by atoms with van der Waals surface area (Å²) < 4.78 is 5.38. The van der Waals surface area contributed by atoms with E-state index >= 15 is 0 Å². The number of benzene rings is 2. The standard InChI is InChI=1S/C23H19ClN2O4/c1-12(27)20-18-19(21-15-6-4-3-5-13(15)9-10-25(20)21)23(29)26(22(18)28)16-11-14(24)7-8-17(16)30-2/h3-11,18-21H,1-2H3. The maximum atomic E-state index is 13.7. The van der Waals surface area contributed by atoms with Gasteiger partial charge >= 0.3 is 0 Å². The molecule has 3 heterocycles. The zero-order chi connectivity index (χ0) is 21.2. The number of amides is 2. The summed E-state index contributed by atoms with van der Waals surface area (Å²) in [7, 11) is 1.47. The molecule has 2 fully saturated rings. The average Bonchev–Trinajstić information content (AvgIpc) is 3.21. The number of nitrogens with zero attached hydrogens (tertiary/aromatic N) is 2. The molecule has 4 atom stereocenters. The minimum Gasteiger partial charge on any atom is -0.495 e. The van der Waals surface area contributed by atoms with Crippen molar-refractivity contribution in [3.63, 3.8) is 0 Å². The monoisotopic (exact) mass is 422 g/mol. The number of ketones is 1. The lowest BCUT2D eigenvalue weighted by atomic mass is 9.84. The van der Waals surface area contributed by atoms with Gasteiger partial charge in [0, 0.05) is 11.2 Å². The second-order valence-corrected chi connectivity index (χ2v) is 8.21. The first-order chi connectivity index (χ1) is 14.4. The number of rotatable bonds is 3. The van der Waals surface area contributed by atoms with E-state index in [0.29, 0.717) is 16.5 Å². The fourth-order valence-corrected chi connectivity index (χ4v) is 5.26. The van der Waals surface area contributed by atoms with Gasteiger partial charge in [0.05, 0.1) is 36.7 Å². The molecule has 2 aromatic carbocycles. The fraction of sp³-hybridized carbons (Fsp3) is 0.261. The molecule has 0 aliphatic carbocycles. The number of Topliss-reactive ketones (excluding diaryl/α,β-unsaturated/α-hetero) is 1. The van der Waals surface area contributed by atoms with Gasteiger partial charge in [-0.05, 0) is 42.3 Å². The van der Waals surface area contributed by atoms with E-state index in [4.69, 9.17) is 16.3 Å². The van der Waals surface area contributed by atoms with Crippen molar-refractivity contribution < 1.29 is 19.1 Å². The number of hydrogen-bond donors (Lipinski definition) is 0. The molecule has 0 aromatic heterocycles. The van der Waals surface area contributed by atoms with Crippen molar-refractivity contribution in [3.05, 3.63) is 64.8 Å². The SMILES string of the molecule is COc1ccc(Cl)cc1N1C(=O)C2C(C1=O)C1c3ccccc3C=CN1C2C(C)=O. The number of anilines is 1. The second kappa shape index (κ2) is 6.71. The van der Waals surface area contributed by atoms with E-state index in [2.05, 4.69) is 0 Å². The van der Waals surface area contributed by atoms with Crippen molar-refractivity contribution in [1.29, 1.82) is 0 Å². The third-order valence-corrected chi connectivity index (χ3v) is 6.49. The molecule has 2 saturated heterocycles. The Morgan fingerprint density at radius 2 is 1.80 bits per heavy atom. The van der Waals surface area contributed by atoms with Gasteiger partial charge < -0.3 is 9.64 Å². The van der Waals surface area contributed by atoms with Crippen molar-refractivity contribution in [1.82, 2.24) is 4.90 Å². The highest BCUT2D eigenvalue weighted by molar-refractivity contribution is 6.31. The van der Waals surface area contributed by atoms with Gasteiger partial charge in [-0.1, -0.05) is 35.9 Å². The number of halogens is 1. The van der Waals surface area contributed by atoms with Crippen LogP contribution in [0.1, 0.15) is 24.1 Å². The molecule has 0 radical (unpaired) electrons. The Kier molecular flexibility index (Phi) is 4.22. The lowest BCUT2D eigenvalue weighted by Crippen LogP contribution is -2.43. The summed E-state index contributed by atoms with van der Waals surface area (Å²) >= 11 is 6.15. The Hall–Kier alpha value is -3.12. The molecule has 30 heavy (non-hydrogen) atoms. The number of methoxy groups -OCH3 is 1. The molecule has 2 amide bonds. The molecule has 2 aromatic rings. The van der Waals surface area contributed by atoms with Gasteiger partial charge in [-0.2, -0.15) is 0 Å². The zero-order valence-electron chi connectivity index (χ0n) is 16.4. The summed E-state index contributed by atoms with van der Waals surface area (Å²) in [5.74, 6) is -1.93. The predicted octanol–water partition coefficient (Wildman–Crippen LogP) is 3.45. The van der Waals surface area contributed by atoms with Crippen molar-refractivity contribution in [2.24, 2.45) is 11.8 Å². The molecule has 152 valence electrons. The number of imide groups is 1. The summed E-state index contributed by atoms with van der Waals surface area (Å²) in [6.45, 7) is 1.47. The van der Waals surface area contributed by atoms with Gasteiger partial charge in [0.15, 0.2) is 5.78 Å². The molecule has 0 bridgehead atoms. The minimum absolute atomic E-state index is 0.141. The van der Waals surface area contributed by atoms with Crippen LogP contribution in [0.2, 0.25) is 5.02 Å². The van der Waals surface area contributed by atoms with Gasteiger partial charge in [0.25, 0.3) is 0 Å². The molecular weight excluding hydrogens is 404 g/mol. The van der Waals surface area contributed by atoms with E-state index < -0.39 is 23.8 Å². The lowest BCUT2D eigenvalue weighted by molar-refractivity contribution is -0.129. The van der Waals surface area contributed by atoms with Crippen LogP contribution in [0.25, 0.3) is 6.08 Å². The first-order valence-electron chi connectivity index (χ1n) is 9.70. The van der Waals surface area contributed by atoms with Crippen LogP contribution >= 0.6 is 11.6 Å². The molecule has 0 N–H and O–H groups in total. The molecule has 3 aliphatic heterocycles. The smallest absolute Gasteiger partial charge is 0.240 e. The quantitative estimate of drug-likeness (QED) is 0.709. The maximum absolute atomic E-state index is 13.7. The Morgan fingerprint density at radius 3 is 2.53 bits per heavy atom. The summed E-state index contributed by atoms with van der Waals surface area (Å²) in [5, 5.41) is 0.388. The van der Waals surface area contributed by atoms with Crippen LogP contribution in [0.5, 0.6) is 5.75 Å². The first kappa shape index (κ1) is 18.9. The molecule has 5 rings (SSSR count). The van der Waals surface area contributed by atoms with Crippen LogP contribution < -0.4 is 9.64 Å². The van der Waals surface area contributed by atoms with Gasteiger partial charge in [-0.15, -0.1) is 0 Å². The highest BCUT2D eigenvalue weighted by atomic mass is 35.5. The number of ether oxygens (including phenoxy) is 1. The largest absolute Gasteiger partial charge is 0.495 e. The highest BCUT2D eigenvalue weighted by Gasteiger charge is 2.64. The highest BCUT2D eigenvalue weighted by Crippen LogP contribution is 2.54.